The maximum Gasteiger partial charge on any atom is 0.330 e. The van der Waals surface area contributed by atoms with Crippen molar-refractivity contribution in [3.05, 3.63) is 12.2 Å². The van der Waals surface area contributed by atoms with Gasteiger partial charge >= 0.3 is 5.97 Å². The Bertz CT molecular complexity index is 314. The van der Waals surface area contributed by atoms with E-state index in [-0.39, 0.29) is 5.57 Å². The predicted molar refractivity (Wildman–Crippen MR) is 121 cm³/mol. The standard InChI is InChI=1S/C20H43N.C4H6O2/c1-4-5-6-7-8-9-10-11-12-13-14-15-16-17-18-19-20-21(2)3;1-3(2)4(5)6/h4-20H2,1-3H3;1H2,2H3,(H,5,6). The van der Waals surface area contributed by atoms with Gasteiger partial charge in [0.05, 0.1) is 0 Å². The molecular formula is C24H49NO2. The lowest BCUT2D eigenvalue weighted by Gasteiger charge is -2.08. The highest BCUT2D eigenvalue weighted by atomic mass is 16.4. The van der Waals surface area contributed by atoms with Crippen molar-refractivity contribution in [1.29, 1.82) is 0 Å². The number of rotatable bonds is 18. The van der Waals surface area contributed by atoms with Crippen molar-refractivity contribution in [2.24, 2.45) is 0 Å². The minimum absolute atomic E-state index is 0.176. The molecule has 3 heteroatoms. The molecule has 0 aliphatic carbocycles. The fourth-order valence-corrected chi connectivity index (χ4v) is 2.98. The Kier molecular flexibility index (Phi) is 24.4. The van der Waals surface area contributed by atoms with Crippen LogP contribution in [-0.4, -0.2) is 36.6 Å². The number of carboxylic acids is 1. The van der Waals surface area contributed by atoms with E-state index in [0.29, 0.717) is 0 Å². The summed E-state index contributed by atoms with van der Waals surface area (Å²) in [6.07, 6.45) is 23.3. The first kappa shape index (κ1) is 28.4. The van der Waals surface area contributed by atoms with Gasteiger partial charge in [0.15, 0.2) is 0 Å². The van der Waals surface area contributed by atoms with Crippen LogP contribution in [0, 0.1) is 0 Å². The number of carboxylic acid groups (broad SMARTS) is 1. The monoisotopic (exact) mass is 383 g/mol. The van der Waals surface area contributed by atoms with E-state index in [1.807, 2.05) is 0 Å². The van der Waals surface area contributed by atoms with Gasteiger partial charge in [-0.3, -0.25) is 0 Å². The Labute approximate surface area is 170 Å². The van der Waals surface area contributed by atoms with Crippen LogP contribution in [0.3, 0.4) is 0 Å². The summed E-state index contributed by atoms with van der Waals surface area (Å²) in [5.41, 5.74) is 0.176. The van der Waals surface area contributed by atoms with Crippen LogP contribution in [-0.2, 0) is 4.79 Å². The van der Waals surface area contributed by atoms with E-state index in [9.17, 15) is 4.79 Å². The third kappa shape index (κ3) is 30.2. The molecule has 0 atom stereocenters. The lowest BCUT2D eigenvalue weighted by molar-refractivity contribution is -0.132. The van der Waals surface area contributed by atoms with Gasteiger partial charge in [0, 0.05) is 5.57 Å². The maximum absolute atomic E-state index is 9.60. The maximum atomic E-state index is 9.60. The van der Waals surface area contributed by atoms with Crippen LogP contribution in [0.15, 0.2) is 12.2 Å². The first-order valence-electron chi connectivity index (χ1n) is 11.4. The zero-order valence-electron chi connectivity index (χ0n) is 19.0. The van der Waals surface area contributed by atoms with Gasteiger partial charge in [-0.15, -0.1) is 0 Å². The van der Waals surface area contributed by atoms with Gasteiger partial charge in [0.1, 0.15) is 0 Å². The molecule has 0 rings (SSSR count). The molecule has 0 saturated heterocycles. The van der Waals surface area contributed by atoms with E-state index < -0.39 is 5.97 Å². The van der Waals surface area contributed by atoms with Crippen molar-refractivity contribution in [2.75, 3.05) is 20.6 Å². The number of nitrogens with zero attached hydrogens (tertiary/aromatic N) is 1. The van der Waals surface area contributed by atoms with Gasteiger partial charge in [-0.1, -0.05) is 110 Å². The van der Waals surface area contributed by atoms with Crippen LogP contribution >= 0.6 is 0 Å². The Morgan fingerprint density at radius 1 is 0.704 bits per heavy atom. The average molecular weight is 384 g/mol. The number of hydrogen-bond acceptors (Lipinski definition) is 2. The second kappa shape index (κ2) is 23.2. The average Bonchev–Trinajstić information content (AvgIpc) is 2.61. The number of unbranched alkanes of at least 4 members (excludes halogenated alkanes) is 15. The quantitative estimate of drug-likeness (QED) is 0.197. The second-order valence-electron chi connectivity index (χ2n) is 8.19. The summed E-state index contributed by atoms with van der Waals surface area (Å²) in [4.78, 5) is 11.9. The fraction of sp³-hybridized carbons (Fsp3) is 0.875. The summed E-state index contributed by atoms with van der Waals surface area (Å²) in [7, 11) is 4.34. The molecular weight excluding hydrogens is 334 g/mol. The van der Waals surface area contributed by atoms with E-state index in [0.717, 1.165) is 0 Å². The Morgan fingerprint density at radius 3 is 1.19 bits per heavy atom. The van der Waals surface area contributed by atoms with Gasteiger partial charge in [0.25, 0.3) is 0 Å². The molecule has 0 heterocycles. The van der Waals surface area contributed by atoms with Crippen LogP contribution < -0.4 is 0 Å². The second-order valence-corrected chi connectivity index (χ2v) is 8.19. The highest BCUT2D eigenvalue weighted by Crippen LogP contribution is 2.13. The zero-order valence-corrected chi connectivity index (χ0v) is 19.0. The molecule has 27 heavy (non-hydrogen) atoms. The van der Waals surface area contributed by atoms with Gasteiger partial charge in [0.2, 0.25) is 0 Å². The first-order chi connectivity index (χ1) is 12.9. The largest absolute Gasteiger partial charge is 0.478 e. The summed E-state index contributed by atoms with van der Waals surface area (Å²) in [6, 6.07) is 0. The normalized spacial score (nSPS) is 10.6. The van der Waals surface area contributed by atoms with E-state index in [4.69, 9.17) is 5.11 Å². The Balaban J connectivity index is 0. The summed E-state index contributed by atoms with van der Waals surface area (Å²) >= 11 is 0. The van der Waals surface area contributed by atoms with Crippen LogP contribution in [0.25, 0.3) is 0 Å². The Morgan fingerprint density at radius 2 is 0.963 bits per heavy atom. The number of aliphatic carboxylic acids is 1. The van der Waals surface area contributed by atoms with E-state index in [1.54, 1.807) is 0 Å². The number of hydrogen-bond donors (Lipinski definition) is 1. The molecule has 0 spiro atoms. The third-order valence-corrected chi connectivity index (χ3v) is 4.82. The molecule has 0 aromatic rings. The Hall–Kier alpha value is -0.830. The van der Waals surface area contributed by atoms with Crippen LogP contribution in [0.5, 0.6) is 0 Å². The molecule has 0 radical (unpaired) electrons. The third-order valence-electron chi connectivity index (χ3n) is 4.82. The molecule has 1 N–H and O–H groups in total. The minimum atomic E-state index is -0.935. The minimum Gasteiger partial charge on any atom is -0.478 e. The molecule has 3 nitrogen and oxygen atoms in total. The summed E-state index contributed by atoms with van der Waals surface area (Å²) < 4.78 is 0. The lowest BCUT2D eigenvalue weighted by Crippen LogP contribution is -2.12. The molecule has 0 amide bonds. The van der Waals surface area contributed by atoms with Gasteiger partial charge in [-0.05, 0) is 34.0 Å². The van der Waals surface area contributed by atoms with Crippen LogP contribution in [0.2, 0.25) is 0 Å². The first-order valence-corrected chi connectivity index (χ1v) is 11.4. The van der Waals surface area contributed by atoms with Gasteiger partial charge < -0.3 is 10.0 Å². The molecule has 162 valence electrons. The summed E-state index contributed by atoms with van der Waals surface area (Å²) in [6.45, 7) is 8.16. The molecule has 0 unspecified atom stereocenters. The smallest absolute Gasteiger partial charge is 0.330 e. The van der Waals surface area contributed by atoms with Crippen LogP contribution in [0.1, 0.15) is 117 Å². The molecule has 0 bridgehead atoms. The molecule has 0 aliphatic heterocycles. The summed E-state index contributed by atoms with van der Waals surface area (Å²) in [5, 5.41) is 7.89. The highest BCUT2D eigenvalue weighted by Gasteiger charge is 1.95. The number of carbonyl (C=O) groups is 1. The zero-order chi connectivity index (χ0) is 20.8. The molecule has 0 fully saturated rings. The van der Waals surface area contributed by atoms with Crippen LogP contribution in [0.4, 0.5) is 0 Å². The van der Waals surface area contributed by atoms with E-state index in [1.165, 1.54) is 116 Å². The van der Waals surface area contributed by atoms with Crippen molar-refractivity contribution >= 4 is 5.97 Å². The van der Waals surface area contributed by atoms with Gasteiger partial charge in [-0.2, -0.15) is 0 Å². The van der Waals surface area contributed by atoms with Gasteiger partial charge in [-0.25, -0.2) is 4.79 Å². The van der Waals surface area contributed by atoms with Crippen molar-refractivity contribution in [3.63, 3.8) is 0 Å². The molecule has 0 saturated carbocycles. The molecule has 0 aromatic heterocycles. The molecule has 0 aromatic carbocycles. The predicted octanol–water partition coefficient (Wildman–Crippen LogP) is 7.46. The van der Waals surface area contributed by atoms with Crippen molar-refractivity contribution in [2.45, 2.75) is 117 Å². The SMILES string of the molecule is C=C(C)C(=O)O.CCCCCCCCCCCCCCCCCCN(C)C. The fourth-order valence-electron chi connectivity index (χ4n) is 2.98. The summed E-state index contributed by atoms with van der Waals surface area (Å²) in [5.74, 6) is -0.935. The van der Waals surface area contributed by atoms with Crippen molar-refractivity contribution in [1.82, 2.24) is 4.90 Å². The van der Waals surface area contributed by atoms with E-state index >= 15 is 0 Å². The molecule has 0 aliphatic rings. The topological polar surface area (TPSA) is 40.5 Å². The van der Waals surface area contributed by atoms with E-state index in [2.05, 4.69) is 32.5 Å². The van der Waals surface area contributed by atoms with Crippen molar-refractivity contribution < 1.29 is 9.90 Å². The van der Waals surface area contributed by atoms with Crippen molar-refractivity contribution in [3.8, 4) is 0 Å². The lowest BCUT2D eigenvalue weighted by atomic mass is 10.0. The highest BCUT2D eigenvalue weighted by molar-refractivity contribution is 5.84.